The number of fused-ring (bicyclic) bond motifs is 1. The first-order valence-corrected chi connectivity index (χ1v) is 6.99. The van der Waals surface area contributed by atoms with Crippen LogP contribution in [-0.4, -0.2) is 25.9 Å². The molecule has 0 saturated carbocycles. The van der Waals surface area contributed by atoms with Gasteiger partial charge < -0.3 is 14.8 Å². The van der Waals surface area contributed by atoms with Gasteiger partial charge in [-0.05, 0) is 24.9 Å². The summed E-state index contributed by atoms with van der Waals surface area (Å²) >= 11 is 0. The molecule has 0 radical (unpaired) electrons. The lowest BCUT2D eigenvalue weighted by molar-refractivity contribution is 0.0779. The van der Waals surface area contributed by atoms with Gasteiger partial charge in [0.1, 0.15) is 5.75 Å². The molecule has 18 heavy (non-hydrogen) atoms. The van der Waals surface area contributed by atoms with E-state index in [1.165, 1.54) is 17.5 Å². The van der Waals surface area contributed by atoms with Gasteiger partial charge >= 0.3 is 0 Å². The van der Waals surface area contributed by atoms with Crippen molar-refractivity contribution in [1.29, 1.82) is 0 Å². The average molecular weight is 247 g/mol. The van der Waals surface area contributed by atoms with Crippen LogP contribution in [0.15, 0.2) is 18.2 Å². The third-order valence-corrected chi connectivity index (χ3v) is 3.84. The van der Waals surface area contributed by atoms with Gasteiger partial charge in [0.25, 0.3) is 0 Å². The molecule has 0 bridgehead atoms. The monoisotopic (exact) mass is 247 g/mol. The number of hydrogen-bond donors (Lipinski definition) is 1. The molecule has 1 aromatic carbocycles. The van der Waals surface area contributed by atoms with Crippen LogP contribution < -0.4 is 10.1 Å². The number of likely N-dealkylation sites (N-methyl/N-ethyl adjacent to an activating group) is 1. The van der Waals surface area contributed by atoms with Gasteiger partial charge in [-0.2, -0.15) is 0 Å². The zero-order chi connectivity index (χ0) is 12.4. The van der Waals surface area contributed by atoms with Crippen LogP contribution in [0.25, 0.3) is 0 Å². The lowest BCUT2D eigenvalue weighted by atomic mass is 9.96. The van der Waals surface area contributed by atoms with Crippen molar-refractivity contribution in [2.75, 3.05) is 19.8 Å². The Labute approximate surface area is 108 Å². The lowest BCUT2D eigenvalue weighted by Gasteiger charge is -2.25. The number of benzene rings is 1. The standard InChI is InChI=1S/C15H21NO2/c1-2-16-14(13-7-4-9-17-13)12-6-3-5-11-8-10-18-15(11)12/h3,5-6,13-14,16H,2,4,7-10H2,1H3. The Hall–Kier alpha value is -1.06. The van der Waals surface area contributed by atoms with Crippen molar-refractivity contribution in [3.63, 3.8) is 0 Å². The molecule has 1 N–H and O–H groups in total. The topological polar surface area (TPSA) is 30.5 Å². The zero-order valence-corrected chi connectivity index (χ0v) is 10.9. The molecule has 2 aliphatic heterocycles. The van der Waals surface area contributed by atoms with Crippen LogP contribution in [0.2, 0.25) is 0 Å². The van der Waals surface area contributed by atoms with Gasteiger partial charge in [0.15, 0.2) is 0 Å². The smallest absolute Gasteiger partial charge is 0.127 e. The first-order chi connectivity index (χ1) is 8.90. The van der Waals surface area contributed by atoms with Crippen molar-refractivity contribution in [1.82, 2.24) is 5.32 Å². The van der Waals surface area contributed by atoms with E-state index in [-0.39, 0.29) is 6.04 Å². The maximum absolute atomic E-state index is 5.86. The fourth-order valence-electron chi connectivity index (χ4n) is 3.01. The SMILES string of the molecule is CCNC(c1cccc2c1OCC2)C1CCCO1. The molecule has 3 rings (SSSR count). The molecule has 0 aromatic heterocycles. The van der Waals surface area contributed by atoms with Crippen LogP contribution in [0.5, 0.6) is 5.75 Å². The molecule has 0 spiro atoms. The minimum Gasteiger partial charge on any atom is -0.493 e. The van der Waals surface area contributed by atoms with Gasteiger partial charge in [0, 0.05) is 18.6 Å². The van der Waals surface area contributed by atoms with Crippen molar-refractivity contribution < 1.29 is 9.47 Å². The average Bonchev–Trinajstić information content (AvgIpc) is 3.06. The van der Waals surface area contributed by atoms with E-state index < -0.39 is 0 Å². The van der Waals surface area contributed by atoms with E-state index in [4.69, 9.17) is 9.47 Å². The van der Waals surface area contributed by atoms with Crippen molar-refractivity contribution in [3.8, 4) is 5.75 Å². The normalized spacial score (nSPS) is 23.7. The van der Waals surface area contributed by atoms with E-state index >= 15 is 0 Å². The second kappa shape index (κ2) is 5.29. The lowest BCUT2D eigenvalue weighted by Crippen LogP contribution is -2.31. The van der Waals surface area contributed by atoms with Gasteiger partial charge in [0.2, 0.25) is 0 Å². The first kappa shape index (κ1) is 12.0. The van der Waals surface area contributed by atoms with Crippen molar-refractivity contribution >= 4 is 0 Å². The molecule has 2 heterocycles. The number of ether oxygens (including phenoxy) is 2. The van der Waals surface area contributed by atoms with Crippen molar-refractivity contribution in [2.45, 2.75) is 38.3 Å². The second-order valence-electron chi connectivity index (χ2n) is 5.02. The molecule has 0 aliphatic carbocycles. The van der Waals surface area contributed by atoms with Crippen LogP contribution >= 0.6 is 0 Å². The van der Waals surface area contributed by atoms with E-state index in [2.05, 4.69) is 30.4 Å². The second-order valence-corrected chi connectivity index (χ2v) is 5.02. The summed E-state index contributed by atoms with van der Waals surface area (Å²) in [5.41, 5.74) is 2.62. The predicted octanol–water partition coefficient (Wildman–Crippen LogP) is 2.45. The Kier molecular flexibility index (Phi) is 3.52. The minimum absolute atomic E-state index is 0.269. The summed E-state index contributed by atoms with van der Waals surface area (Å²) in [5, 5.41) is 3.57. The molecule has 1 aromatic rings. The van der Waals surface area contributed by atoms with Crippen LogP contribution in [0.1, 0.15) is 36.9 Å². The Balaban J connectivity index is 1.92. The number of nitrogens with one attached hydrogen (secondary N) is 1. The minimum atomic E-state index is 0.269. The Morgan fingerprint density at radius 3 is 3.11 bits per heavy atom. The highest BCUT2D eigenvalue weighted by Crippen LogP contribution is 2.37. The summed E-state index contributed by atoms with van der Waals surface area (Å²) in [5.74, 6) is 1.10. The van der Waals surface area contributed by atoms with E-state index in [1.54, 1.807) is 0 Å². The molecule has 3 nitrogen and oxygen atoms in total. The zero-order valence-electron chi connectivity index (χ0n) is 10.9. The van der Waals surface area contributed by atoms with Crippen molar-refractivity contribution in [3.05, 3.63) is 29.3 Å². The molecule has 98 valence electrons. The molecule has 1 saturated heterocycles. The number of hydrogen-bond acceptors (Lipinski definition) is 3. The molecule has 3 heteroatoms. The molecular weight excluding hydrogens is 226 g/mol. The van der Waals surface area contributed by atoms with Gasteiger partial charge in [-0.1, -0.05) is 25.1 Å². The molecule has 0 amide bonds. The summed E-state index contributed by atoms with van der Waals surface area (Å²) in [6, 6.07) is 6.76. The van der Waals surface area contributed by atoms with Crippen LogP contribution in [-0.2, 0) is 11.2 Å². The Bertz CT molecular complexity index is 413. The maximum Gasteiger partial charge on any atom is 0.127 e. The van der Waals surface area contributed by atoms with Gasteiger partial charge in [-0.3, -0.25) is 0 Å². The highest BCUT2D eigenvalue weighted by Gasteiger charge is 2.30. The summed E-state index contributed by atoms with van der Waals surface area (Å²) in [6.07, 6.45) is 3.64. The largest absolute Gasteiger partial charge is 0.493 e. The molecule has 2 atom stereocenters. The third kappa shape index (κ3) is 2.13. The quantitative estimate of drug-likeness (QED) is 0.886. The highest BCUT2D eigenvalue weighted by atomic mass is 16.5. The van der Waals surface area contributed by atoms with E-state index in [0.717, 1.165) is 38.3 Å². The van der Waals surface area contributed by atoms with Gasteiger partial charge in [-0.15, -0.1) is 0 Å². The predicted molar refractivity (Wildman–Crippen MR) is 71.0 cm³/mol. The van der Waals surface area contributed by atoms with Crippen molar-refractivity contribution in [2.24, 2.45) is 0 Å². The number of rotatable bonds is 4. The van der Waals surface area contributed by atoms with Crippen LogP contribution in [0, 0.1) is 0 Å². The molecular formula is C15H21NO2. The van der Waals surface area contributed by atoms with Gasteiger partial charge in [-0.25, -0.2) is 0 Å². The van der Waals surface area contributed by atoms with E-state index in [9.17, 15) is 0 Å². The van der Waals surface area contributed by atoms with Crippen LogP contribution in [0.4, 0.5) is 0 Å². The third-order valence-electron chi connectivity index (χ3n) is 3.84. The number of para-hydroxylation sites is 1. The fourth-order valence-corrected chi connectivity index (χ4v) is 3.01. The molecule has 2 aliphatic rings. The Morgan fingerprint density at radius 1 is 1.39 bits per heavy atom. The van der Waals surface area contributed by atoms with Crippen LogP contribution in [0.3, 0.4) is 0 Å². The summed E-state index contributed by atoms with van der Waals surface area (Å²) in [4.78, 5) is 0. The maximum atomic E-state index is 5.86. The fraction of sp³-hybridized carbons (Fsp3) is 0.600. The first-order valence-electron chi connectivity index (χ1n) is 6.99. The van der Waals surface area contributed by atoms with E-state index in [0.29, 0.717) is 6.10 Å². The summed E-state index contributed by atoms with van der Waals surface area (Å²) in [7, 11) is 0. The highest BCUT2D eigenvalue weighted by molar-refractivity contribution is 5.46. The summed E-state index contributed by atoms with van der Waals surface area (Å²) in [6.45, 7) is 4.80. The van der Waals surface area contributed by atoms with Gasteiger partial charge in [0.05, 0.1) is 18.8 Å². The Morgan fingerprint density at radius 2 is 2.33 bits per heavy atom. The molecule has 2 unspecified atom stereocenters. The summed E-state index contributed by atoms with van der Waals surface area (Å²) < 4.78 is 11.7. The molecule has 1 fully saturated rings. The van der Waals surface area contributed by atoms with E-state index in [1.807, 2.05) is 0 Å².